The van der Waals surface area contributed by atoms with Crippen molar-refractivity contribution in [3.8, 4) is 0 Å². The number of anilines is 1. The number of hydrogen-bond acceptors (Lipinski definition) is 3. The van der Waals surface area contributed by atoms with Gasteiger partial charge in [-0.15, -0.1) is 0 Å². The zero-order valence-corrected chi connectivity index (χ0v) is 10.4. The highest BCUT2D eigenvalue weighted by Gasteiger charge is 2.23. The van der Waals surface area contributed by atoms with Crippen molar-refractivity contribution in [3.63, 3.8) is 0 Å². The highest BCUT2D eigenvalue weighted by atomic mass is 16.3. The van der Waals surface area contributed by atoms with E-state index in [0.29, 0.717) is 6.04 Å². The molecule has 1 aromatic carbocycles. The summed E-state index contributed by atoms with van der Waals surface area (Å²) in [5.74, 6) is 1.68. The lowest BCUT2D eigenvalue weighted by molar-refractivity contribution is 0.561. The third-order valence-electron chi connectivity index (χ3n) is 3.29. The second-order valence-electron chi connectivity index (χ2n) is 5.14. The van der Waals surface area contributed by atoms with Crippen LogP contribution >= 0.6 is 0 Å². The van der Waals surface area contributed by atoms with E-state index in [1.54, 1.807) is 0 Å². The van der Waals surface area contributed by atoms with Crippen LogP contribution in [0.1, 0.15) is 32.1 Å². The predicted octanol–water partition coefficient (Wildman–Crippen LogP) is 3.74. The summed E-state index contributed by atoms with van der Waals surface area (Å²) < 4.78 is 5.46. The molecule has 0 aliphatic heterocycles. The minimum absolute atomic E-state index is 0.535. The molecule has 3 nitrogen and oxygen atoms in total. The van der Waals surface area contributed by atoms with Crippen LogP contribution < -0.4 is 5.32 Å². The number of benzene rings is 1. The number of nitrogens with one attached hydrogen (secondary N) is 1. The SMILES string of the molecule is Cc1nc2cc(NC(C)CC3CC3)ccc2o1. The molecule has 1 heterocycles. The summed E-state index contributed by atoms with van der Waals surface area (Å²) in [5, 5.41) is 3.53. The average molecular weight is 230 g/mol. The lowest BCUT2D eigenvalue weighted by Gasteiger charge is -2.14. The summed E-state index contributed by atoms with van der Waals surface area (Å²) in [6, 6.07) is 6.65. The fourth-order valence-corrected chi connectivity index (χ4v) is 2.33. The lowest BCUT2D eigenvalue weighted by Crippen LogP contribution is -2.15. The lowest BCUT2D eigenvalue weighted by atomic mass is 10.1. The number of nitrogens with zero attached hydrogens (tertiary/aromatic N) is 1. The van der Waals surface area contributed by atoms with Gasteiger partial charge >= 0.3 is 0 Å². The molecule has 3 rings (SSSR count). The molecule has 0 spiro atoms. The summed E-state index contributed by atoms with van der Waals surface area (Å²) in [4.78, 5) is 4.35. The maximum absolute atomic E-state index is 5.46. The van der Waals surface area contributed by atoms with Gasteiger partial charge in [0.05, 0.1) is 0 Å². The van der Waals surface area contributed by atoms with E-state index in [1.165, 1.54) is 19.3 Å². The largest absolute Gasteiger partial charge is 0.441 e. The molecule has 2 aromatic rings. The Hall–Kier alpha value is -1.51. The van der Waals surface area contributed by atoms with Gasteiger partial charge in [0.15, 0.2) is 11.5 Å². The van der Waals surface area contributed by atoms with Crippen LogP contribution in [-0.2, 0) is 0 Å². The van der Waals surface area contributed by atoms with Crippen molar-refractivity contribution >= 4 is 16.8 Å². The molecule has 0 saturated heterocycles. The van der Waals surface area contributed by atoms with E-state index in [1.807, 2.05) is 13.0 Å². The molecule has 1 saturated carbocycles. The first kappa shape index (κ1) is 10.6. The molecule has 1 N–H and O–H groups in total. The molecule has 1 aromatic heterocycles. The van der Waals surface area contributed by atoms with Gasteiger partial charge in [0.2, 0.25) is 0 Å². The molecule has 3 heteroatoms. The summed E-state index contributed by atoms with van der Waals surface area (Å²) in [7, 11) is 0. The first-order valence-electron chi connectivity index (χ1n) is 6.34. The third kappa shape index (κ3) is 2.43. The Morgan fingerprint density at radius 3 is 3.06 bits per heavy atom. The topological polar surface area (TPSA) is 38.1 Å². The van der Waals surface area contributed by atoms with Crippen molar-refractivity contribution in [2.45, 2.75) is 39.2 Å². The molecule has 0 radical (unpaired) electrons. The molecule has 0 bridgehead atoms. The van der Waals surface area contributed by atoms with Gasteiger partial charge in [-0.25, -0.2) is 4.98 Å². The quantitative estimate of drug-likeness (QED) is 0.869. The number of aryl methyl sites for hydroxylation is 1. The number of hydrogen-bond donors (Lipinski definition) is 1. The molecular weight excluding hydrogens is 212 g/mol. The van der Waals surface area contributed by atoms with Crippen LogP contribution in [0.2, 0.25) is 0 Å². The van der Waals surface area contributed by atoms with Crippen molar-refractivity contribution in [2.24, 2.45) is 5.92 Å². The van der Waals surface area contributed by atoms with Crippen molar-refractivity contribution < 1.29 is 4.42 Å². The predicted molar refractivity (Wildman–Crippen MR) is 69.2 cm³/mol. The van der Waals surface area contributed by atoms with Crippen LogP contribution in [-0.4, -0.2) is 11.0 Å². The first-order chi connectivity index (χ1) is 8.20. The van der Waals surface area contributed by atoms with E-state index in [2.05, 4.69) is 29.4 Å². The Morgan fingerprint density at radius 2 is 2.29 bits per heavy atom. The van der Waals surface area contributed by atoms with E-state index in [4.69, 9.17) is 4.42 Å². The van der Waals surface area contributed by atoms with Gasteiger partial charge in [-0.1, -0.05) is 12.8 Å². The number of aromatic nitrogens is 1. The highest BCUT2D eigenvalue weighted by Crippen LogP contribution is 2.34. The summed E-state index contributed by atoms with van der Waals surface area (Å²) in [6.07, 6.45) is 4.09. The Kier molecular flexibility index (Phi) is 2.54. The van der Waals surface area contributed by atoms with E-state index < -0.39 is 0 Å². The third-order valence-corrected chi connectivity index (χ3v) is 3.29. The van der Waals surface area contributed by atoms with Gasteiger partial charge in [-0.2, -0.15) is 0 Å². The highest BCUT2D eigenvalue weighted by molar-refractivity contribution is 5.77. The maximum Gasteiger partial charge on any atom is 0.192 e. The second kappa shape index (κ2) is 4.06. The minimum atomic E-state index is 0.535. The maximum atomic E-state index is 5.46. The molecule has 17 heavy (non-hydrogen) atoms. The van der Waals surface area contributed by atoms with Crippen LogP contribution in [0.3, 0.4) is 0 Å². The van der Waals surface area contributed by atoms with Gasteiger partial charge in [-0.05, 0) is 37.5 Å². The van der Waals surface area contributed by atoms with Gasteiger partial charge in [0.1, 0.15) is 5.52 Å². The van der Waals surface area contributed by atoms with E-state index in [9.17, 15) is 0 Å². The average Bonchev–Trinajstić information content (AvgIpc) is 2.98. The van der Waals surface area contributed by atoms with Crippen LogP contribution in [0, 0.1) is 12.8 Å². The zero-order valence-electron chi connectivity index (χ0n) is 10.4. The smallest absolute Gasteiger partial charge is 0.192 e. The molecular formula is C14H18N2O. The Labute approximate surface area is 101 Å². The van der Waals surface area contributed by atoms with Crippen LogP contribution in [0.15, 0.2) is 22.6 Å². The minimum Gasteiger partial charge on any atom is -0.441 e. The van der Waals surface area contributed by atoms with Gasteiger partial charge in [0.25, 0.3) is 0 Å². The first-order valence-corrected chi connectivity index (χ1v) is 6.34. The molecule has 0 amide bonds. The molecule has 1 aliphatic carbocycles. The van der Waals surface area contributed by atoms with Crippen molar-refractivity contribution in [1.29, 1.82) is 0 Å². The summed E-state index contributed by atoms with van der Waals surface area (Å²) in [6.45, 7) is 4.12. The molecule has 1 aliphatic rings. The number of fused-ring (bicyclic) bond motifs is 1. The van der Waals surface area contributed by atoms with E-state index in [0.717, 1.165) is 28.6 Å². The van der Waals surface area contributed by atoms with Crippen molar-refractivity contribution in [3.05, 3.63) is 24.1 Å². The fraction of sp³-hybridized carbons (Fsp3) is 0.500. The number of oxazole rings is 1. The molecule has 90 valence electrons. The van der Waals surface area contributed by atoms with Crippen LogP contribution in [0.25, 0.3) is 11.1 Å². The summed E-state index contributed by atoms with van der Waals surface area (Å²) in [5.41, 5.74) is 2.94. The van der Waals surface area contributed by atoms with Crippen molar-refractivity contribution in [2.75, 3.05) is 5.32 Å². The summed E-state index contributed by atoms with van der Waals surface area (Å²) >= 11 is 0. The van der Waals surface area contributed by atoms with Gasteiger partial charge in [-0.3, -0.25) is 0 Å². The molecule has 1 atom stereocenters. The Bertz CT molecular complexity index is 528. The second-order valence-corrected chi connectivity index (χ2v) is 5.14. The zero-order chi connectivity index (χ0) is 11.8. The van der Waals surface area contributed by atoms with Crippen molar-refractivity contribution in [1.82, 2.24) is 4.98 Å². The standard InChI is InChI=1S/C14H18N2O/c1-9(7-11-3-4-11)15-12-5-6-14-13(8-12)16-10(2)17-14/h5-6,8-9,11,15H,3-4,7H2,1-2H3. The Balaban J connectivity index is 1.74. The molecule has 1 unspecified atom stereocenters. The van der Waals surface area contributed by atoms with Crippen LogP contribution in [0.5, 0.6) is 0 Å². The fourth-order valence-electron chi connectivity index (χ4n) is 2.33. The Morgan fingerprint density at radius 1 is 1.47 bits per heavy atom. The van der Waals surface area contributed by atoms with E-state index >= 15 is 0 Å². The molecule has 1 fully saturated rings. The number of rotatable bonds is 4. The van der Waals surface area contributed by atoms with Gasteiger partial charge < -0.3 is 9.73 Å². The van der Waals surface area contributed by atoms with Crippen LogP contribution in [0.4, 0.5) is 5.69 Å². The monoisotopic (exact) mass is 230 g/mol. The normalized spacial score (nSPS) is 17.3. The van der Waals surface area contributed by atoms with E-state index in [-0.39, 0.29) is 0 Å². The van der Waals surface area contributed by atoms with Gasteiger partial charge in [0, 0.05) is 18.7 Å².